The molecule has 170 valence electrons. The summed E-state index contributed by atoms with van der Waals surface area (Å²) in [5.41, 5.74) is 5.62. The number of hydrogen-bond donors (Lipinski definition) is 0. The fourth-order valence-electron chi connectivity index (χ4n) is 4.85. The second-order valence-electron chi connectivity index (χ2n) is 8.91. The van der Waals surface area contributed by atoms with Crippen LogP contribution in [0.5, 0.6) is 11.5 Å². The molecule has 0 saturated carbocycles. The lowest BCUT2D eigenvalue weighted by molar-refractivity contribution is 0.0872. The number of para-hydroxylation sites is 1. The lowest BCUT2D eigenvalue weighted by Gasteiger charge is -2.30. The number of aryl methyl sites for hydroxylation is 2. The maximum atomic E-state index is 13.4. The van der Waals surface area contributed by atoms with Crippen LogP contribution in [0.3, 0.4) is 0 Å². The molecule has 2 aliphatic heterocycles. The Bertz CT molecular complexity index is 1480. The van der Waals surface area contributed by atoms with Gasteiger partial charge in [0.15, 0.2) is 5.76 Å². The van der Waals surface area contributed by atoms with Crippen LogP contribution in [-0.2, 0) is 20.1 Å². The Kier molecular flexibility index (Phi) is 4.97. The first-order valence-electron chi connectivity index (χ1n) is 11.2. The van der Waals surface area contributed by atoms with E-state index in [-0.39, 0.29) is 5.78 Å². The molecule has 4 aromatic rings. The van der Waals surface area contributed by atoms with Crippen molar-refractivity contribution in [3.05, 3.63) is 99.4 Å². The quantitative estimate of drug-likeness (QED) is 0.339. The van der Waals surface area contributed by atoms with Crippen LogP contribution in [0.25, 0.3) is 17.0 Å². The van der Waals surface area contributed by atoms with Gasteiger partial charge in [-0.25, -0.2) is 0 Å². The molecule has 0 saturated heterocycles. The Hall–Kier alpha value is -3.54. The zero-order valence-electron chi connectivity index (χ0n) is 19.0. The smallest absolute Gasteiger partial charge is 0.232 e. The highest BCUT2D eigenvalue weighted by Gasteiger charge is 2.35. The number of ether oxygens (including phenoxy) is 2. The molecule has 6 rings (SSSR count). The van der Waals surface area contributed by atoms with Gasteiger partial charge in [-0.15, -0.1) is 0 Å². The highest BCUT2D eigenvalue weighted by Crippen LogP contribution is 2.44. The molecule has 34 heavy (non-hydrogen) atoms. The van der Waals surface area contributed by atoms with E-state index in [9.17, 15) is 4.79 Å². The van der Waals surface area contributed by atoms with Gasteiger partial charge < -0.3 is 14.0 Å². The average Bonchev–Trinajstić information content (AvgIpc) is 3.33. The van der Waals surface area contributed by atoms with Gasteiger partial charge in [0.25, 0.3) is 0 Å². The normalized spacial score (nSPS) is 16.4. The number of allylic oxidation sites excluding steroid dienone is 1. The number of nitrogens with zero attached hydrogens (tertiary/aromatic N) is 2. The molecular formula is C28H23ClN2O3. The van der Waals surface area contributed by atoms with Gasteiger partial charge in [0, 0.05) is 47.8 Å². The number of carbonyl (C=O) groups is 1. The van der Waals surface area contributed by atoms with Gasteiger partial charge in [-0.3, -0.25) is 9.69 Å². The monoisotopic (exact) mass is 470 g/mol. The van der Waals surface area contributed by atoms with Gasteiger partial charge in [0.05, 0.1) is 11.1 Å². The van der Waals surface area contributed by atoms with Crippen molar-refractivity contribution in [3.8, 4) is 11.5 Å². The van der Waals surface area contributed by atoms with Gasteiger partial charge in [0.1, 0.15) is 18.2 Å². The van der Waals surface area contributed by atoms with Crippen molar-refractivity contribution in [1.82, 2.24) is 9.47 Å². The number of halogens is 1. The van der Waals surface area contributed by atoms with Crippen molar-refractivity contribution < 1.29 is 14.3 Å². The summed E-state index contributed by atoms with van der Waals surface area (Å²) in [4.78, 5) is 15.6. The second kappa shape index (κ2) is 8.05. The van der Waals surface area contributed by atoms with E-state index in [1.165, 1.54) is 0 Å². The molecule has 3 aromatic carbocycles. The van der Waals surface area contributed by atoms with Crippen LogP contribution in [-0.4, -0.2) is 22.0 Å². The largest absolute Gasteiger partial charge is 0.478 e. The Morgan fingerprint density at radius 1 is 1.12 bits per heavy atom. The Balaban J connectivity index is 1.35. The first kappa shape index (κ1) is 21.0. The fraction of sp³-hybridized carbons (Fsp3) is 0.179. The van der Waals surface area contributed by atoms with E-state index in [1.807, 2.05) is 68.7 Å². The first-order chi connectivity index (χ1) is 16.5. The third-order valence-corrected chi connectivity index (χ3v) is 6.77. The third-order valence-electron chi connectivity index (χ3n) is 6.52. The van der Waals surface area contributed by atoms with Crippen LogP contribution < -0.4 is 9.47 Å². The van der Waals surface area contributed by atoms with E-state index in [2.05, 4.69) is 21.6 Å². The standard InChI is InChI=1S/C28H23ClN2O3/c1-17-11-24-22(15-31(16-33-24)13-18-7-9-20(29)10-8-18)28-26(17)27(32)25(34-28)12-19-14-30(2)23-6-4-3-5-21(19)23/h3-12,14H,13,15-16H2,1-2H3/b25-12-. The molecular weight excluding hydrogens is 448 g/mol. The Labute approximate surface area is 202 Å². The van der Waals surface area contributed by atoms with E-state index < -0.39 is 0 Å². The summed E-state index contributed by atoms with van der Waals surface area (Å²) in [5.74, 6) is 1.66. The van der Waals surface area contributed by atoms with Crippen molar-refractivity contribution in [2.24, 2.45) is 7.05 Å². The molecule has 0 atom stereocenters. The number of Topliss-reactive ketones (excluding diaryl/α,β-unsaturated/α-hetero) is 1. The number of benzene rings is 3. The van der Waals surface area contributed by atoms with E-state index in [1.54, 1.807) is 0 Å². The van der Waals surface area contributed by atoms with Crippen LogP contribution in [0.1, 0.15) is 32.6 Å². The molecule has 5 nitrogen and oxygen atoms in total. The molecule has 0 unspecified atom stereocenters. The summed E-state index contributed by atoms with van der Waals surface area (Å²) in [7, 11) is 2.00. The van der Waals surface area contributed by atoms with E-state index in [0.29, 0.717) is 36.9 Å². The molecule has 3 heterocycles. The van der Waals surface area contributed by atoms with Crippen LogP contribution in [0, 0.1) is 6.92 Å². The van der Waals surface area contributed by atoms with Crippen LogP contribution >= 0.6 is 11.6 Å². The molecule has 0 aliphatic carbocycles. The van der Waals surface area contributed by atoms with Crippen LogP contribution in [0.15, 0.2) is 66.6 Å². The summed E-state index contributed by atoms with van der Waals surface area (Å²) in [6, 6.07) is 17.9. The molecule has 0 bridgehead atoms. The van der Waals surface area contributed by atoms with Crippen LogP contribution in [0.4, 0.5) is 0 Å². The van der Waals surface area contributed by atoms with Gasteiger partial charge in [0.2, 0.25) is 5.78 Å². The summed E-state index contributed by atoms with van der Waals surface area (Å²) in [5, 5.41) is 1.80. The van der Waals surface area contributed by atoms with Gasteiger partial charge in [-0.2, -0.15) is 0 Å². The van der Waals surface area contributed by atoms with Crippen LogP contribution in [0.2, 0.25) is 5.02 Å². The third kappa shape index (κ3) is 3.49. The average molecular weight is 471 g/mol. The number of carbonyl (C=O) groups excluding carboxylic acids is 1. The van der Waals surface area contributed by atoms with Crippen molar-refractivity contribution in [2.45, 2.75) is 20.0 Å². The number of rotatable bonds is 3. The zero-order chi connectivity index (χ0) is 23.4. The molecule has 0 fully saturated rings. The SMILES string of the molecule is Cc1cc2c(c3c1C(=O)/C(=C/c1cn(C)c4ccccc14)O3)CN(Cc1ccc(Cl)cc1)CO2. The van der Waals surface area contributed by atoms with E-state index in [0.717, 1.165) is 43.9 Å². The Morgan fingerprint density at radius 3 is 2.74 bits per heavy atom. The lowest BCUT2D eigenvalue weighted by atomic mass is 9.98. The minimum absolute atomic E-state index is 0.0851. The number of aromatic nitrogens is 1. The van der Waals surface area contributed by atoms with Gasteiger partial charge >= 0.3 is 0 Å². The first-order valence-corrected chi connectivity index (χ1v) is 11.6. The summed E-state index contributed by atoms with van der Waals surface area (Å²) >= 11 is 6.03. The van der Waals surface area contributed by atoms with Crippen molar-refractivity contribution in [1.29, 1.82) is 0 Å². The van der Waals surface area contributed by atoms with E-state index in [4.69, 9.17) is 21.1 Å². The van der Waals surface area contributed by atoms with Crippen molar-refractivity contribution in [2.75, 3.05) is 6.73 Å². The topological polar surface area (TPSA) is 43.7 Å². The number of fused-ring (bicyclic) bond motifs is 4. The maximum absolute atomic E-state index is 13.4. The number of ketones is 1. The summed E-state index contributed by atoms with van der Waals surface area (Å²) < 4.78 is 14.4. The molecule has 2 aliphatic rings. The predicted molar refractivity (Wildman–Crippen MR) is 133 cm³/mol. The fourth-order valence-corrected chi connectivity index (χ4v) is 4.98. The van der Waals surface area contributed by atoms with Gasteiger partial charge in [-0.05, 0) is 48.4 Å². The highest BCUT2D eigenvalue weighted by molar-refractivity contribution is 6.30. The van der Waals surface area contributed by atoms with Crippen molar-refractivity contribution in [3.63, 3.8) is 0 Å². The Morgan fingerprint density at radius 2 is 1.91 bits per heavy atom. The zero-order valence-corrected chi connectivity index (χ0v) is 19.7. The predicted octanol–water partition coefficient (Wildman–Crippen LogP) is 6.11. The summed E-state index contributed by atoms with van der Waals surface area (Å²) in [6.07, 6.45) is 3.88. The molecule has 1 aromatic heterocycles. The number of hydrogen-bond acceptors (Lipinski definition) is 4. The van der Waals surface area contributed by atoms with Gasteiger partial charge in [-0.1, -0.05) is 41.9 Å². The minimum Gasteiger partial charge on any atom is -0.478 e. The lowest BCUT2D eigenvalue weighted by Crippen LogP contribution is -2.31. The maximum Gasteiger partial charge on any atom is 0.232 e. The second-order valence-corrected chi connectivity index (χ2v) is 9.35. The molecule has 0 spiro atoms. The van der Waals surface area contributed by atoms with E-state index >= 15 is 0 Å². The van der Waals surface area contributed by atoms with Crippen molar-refractivity contribution >= 4 is 34.4 Å². The molecule has 0 amide bonds. The highest BCUT2D eigenvalue weighted by atomic mass is 35.5. The molecule has 0 radical (unpaired) electrons. The molecule has 6 heteroatoms. The summed E-state index contributed by atoms with van der Waals surface area (Å²) in [6.45, 7) is 3.76. The molecule has 0 N–H and O–H groups in total. The minimum atomic E-state index is -0.0851.